The van der Waals surface area contributed by atoms with Crippen LogP contribution in [0, 0.1) is 5.92 Å². The Kier molecular flexibility index (Phi) is 3.25. The lowest BCUT2D eigenvalue weighted by molar-refractivity contribution is 0.468. The maximum atomic E-state index is 5.98. The zero-order valence-electron chi connectivity index (χ0n) is 12.7. The van der Waals surface area contributed by atoms with Gasteiger partial charge in [0.2, 0.25) is 0 Å². The summed E-state index contributed by atoms with van der Waals surface area (Å²) in [5.74, 6) is 3.70. The highest BCUT2D eigenvalue weighted by atomic mass is 16.3. The van der Waals surface area contributed by atoms with E-state index in [1.165, 1.54) is 54.7 Å². The molecule has 2 heteroatoms. The Labute approximate surface area is 126 Å². The Balaban J connectivity index is 1.46. The zero-order chi connectivity index (χ0) is 14.2. The summed E-state index contributed by atoms with van der Waals surface area (Å²) in [6.07, 6.45) is 6.37. The maximum Gasteiger partial charge on any atom is 0.123 e. The van der Waals surface area contributed by atoms with Crippen LogP contribution in [0.25, 0.3) is 0 Å². The van der Waals surface area contributed by atoms with Gasteiger partial charge in [-0.15, -0.1) is 0 Å². The number of fused-ring (bicyclic) bond motifs is 1. The molecule has 1 aromatic carbocycles. The molecule has 110 valence electrons. The summed E-state index contributed by atoms with van der Waals surface area (Å²) in [6, 6.07) is 10.9. The molecule has 2 unspecified atom stereocenters. The molecule has 0 radical (unpaired) electrons. The van der Waals surface area contributed by atoms with E-state index in [-0.39, 0.29) is 0 Å². The third kappa shape index (κ3) is 2.59. The minimum Gasteiger partial charge on any atom is -0.464 e. The van der Waals surface area contributed by atoms with Crippen LogP contribution in [0.15, 0.2) is 34.7 Å². The fraction of sp³-hybridized carbons (Fsp3) is 0.474. The number of rotatable bonds is 4. The van der Waals surface area contributed by atoms with Gasteiger partial charge in [-0.25, -0.2) is 0 Å². The number of anilines is 1. The standard InChI is InChI=1S/C19H23NO/c1-13-11-17(13)19-10-9-15(21-19)12-20-18-8-4-6-14-5-2-3-7-16(14)18/h4,6,8-10,13,17,20H,2-3,5,7,11-12H2,1H3. The van der Waals surface area contributed by atoms with Gasteiger partial charge in [-0.1, -0.05) is 19.1 Å². The van der Waals surface area contributed by atoms with Crippen molar-refractivity contribution in [1.29, 1.82) is 0 Å². The molecule has 1 N–H and O–H groups in total. The molecule has 4 rings (SSSR count). The molecular weight excluding hydrogens is 258 g/mol. The molecule has 1 fully saturated rings. The fourth-order valence-electron chi connectivity index (χ4n) is 3.54. The van der Waals surface area contributed by atoms with Crippen molar-refractivity contribution >= 4 is 5.69 Å². The van der Waals surface area contributed by atoms with Crippen molar-refractivity contribution in [3.05, 3.63) is 53.0 Å². The smallest absolute Gasteiger partial charge is 0.123 e. The lowest BCUT2D eigenvalue weighted by Crippen LogP contribution is -2.08. The van der Waals surface area contributed by atoms with Gasteiger partial charge in [-0.05, 0) is 67.3 Å². The minimum absolute atomic E-state index is 0.670. The summed E-state index contributed by atoms with van der Waals surface area (Å²) >= 11 is 0. The summed E-state index contributed by atoms with van der Waals surface area (Å²) in [6.45, 7) is 3.08. The van der Waals surface area contributed by atoms with E-state index < -0.39 is 0 Å². The Morgan fingerprint density at radius 2 is 2.00 bits per heavy atom. The maximum absolute atomic E-state index is 5.98. The first-order valence-corrected chi connectivity index (χ1v) is 8.24. The number of hydrogen-bond acceptors (Lipinski definition) is 2. The molecular formula is C19H23NO. The second-order valence-electron chi connectivity index (χ2n) is 6.63. The van der Waals surface area contributed by atoms with E-state index in [1.54, 1.807) is 0 Å². The number of hydrogen-bond donors (Lipinski definition) is 1. The van der Waals surface area contributed by atoms with Gasteiger partial charge in [0.05, 0.1) is 6.54 Å². The van der Waals surface area contributed by atoms with Gasteiger partial charge in [0, 0.05) is 11.6 Å². The highest BCUT2D eigenvalue weighted by Gasteiger charge is 2.36. The predicted molar refractivity (Wildman–Crippen MR) is 85.6 cm³/mol. The van der Waals surface area contributed by atoms with Crippen LogP contribution in [0.1, 0.15) is 54.8 Å². The van der Waals surface area contributed by atoms with Gasteiger partial charge in [-0.2, -0.15) is 0 Å². The summed E-state index contributed by atoms with van der Waals surface area (Å²) in [7, 11) is 0. The highest BCUT2D eigenvalue weighted by molar-refractivity contribution is 5.55. The van der Waals surface area contributed by atoms with E-state index in [0.29, 0.717) is 5.92 Å². The molecule has 21 heavy (non-hydrogen) atoms. The van der Waals surface area contributed by atoms with E-state index in [2.05, 4.69) is 42.6 Å². The first-order valence-electron chi connectivity index (χ1n) is 8.24. The second-order valence-corrected chi connectivity index (χ2v) is 6.63. The third-order valence-electron chi connectivity index (χ3n) is 5.01. The van der Waals surface area contributed by atoms with Crippen LogP contribution in [0.3, 0.4) is 0 Å². The highest BCUT2D eigenvalue weighted by Crippen LogP contribution is 2.47. The van der Waals surface area contributed by atoms with Gasteiger partial charge in [0.1, 0.15) is 11.5 Å². The number of aryl methyl sites for hydroxylation is 1. The second kappa shape index (κ2) is 5.25. The van der Waals surface area contributed by atoms with E-state index in [4.69, 9.17) is 4.42 Å². The molecule has 2 aromatic rings. The molecule has 1 saturated carbocycles. The molecule has 1 aromatic heterocycles. The molecule has 0 saturated heterocycles. The number of furan rings is 1. The van der Waals surface area contributed by atoms with E-state index in [1.807, 2.05) is 0 Å². The van der Waals surface area contributed by atoms with Crippen molar-refractivity contribution in [1.82, 2.24) is 0 Å². The molecule has 2 atom stereocenters. The number of nitrogens with one attached hydrogen (secondary N) is 1. The SMILES string of the molecule is CC1CC1c1ccc(CNc2cccc3c2CCCC3)o1. The van der Waals surface area contributed by atoms with Crippen LogP contribution >= 0.6 is 0 Å². The van der Waals surface area contributed by atoms with Crippen LogP contribution in [-0.2, 0) is 19.4 Å². The molecule has 0 spiro atoms. The molecule has 0 bridgehead atoms. The Morgan fingerprint density at radius 1 is 1.14 bits per heavy atom. The van der Waals surface area contributed by atoms with E-state index in [9.17, 15) is 0 Å². The fourth-order valence-corrected chi connectivity index (χ4v) is 3.54. The van der Waals surface area contributed by atoms with Crippen molar-refractivity contribution < 1.29 is 4.42 Å². The lowest BCUT2D eigenvalue weighted by atomic mass is 9.90. The van der Waals surface area contributed by atoms with Crippen LogP contribution in [0.2, 0.25) is 0 Å². The first kappa shape index (κ1) is 13.0. The predicted octanol–water partition coefficient (Wildman–Crippen LogP) is 4.89. The zero-order valence-corrected chi connectivity index (χ0v) is 12.7. The van der Waals surface area contributed by atoms with Crippen LogP contribution < -0.4 is 5.32 Å². The van der Waals surface area contributed by atoms with Gasteiger partial charge in [0.25, 0.3) is 0 Å². The molecule has 2 nitrogen and oxygen atoms in total. The minimum atomic E-state index is 0.670. The monoisotopic (exact) mass is 281 g/mol. The normalized spacial score (nSPS) is 23.7. The lowest BCUT2D eigenvalue weighted by Gasteiger charge is -2.19. The average molecular weight is 281 g/mol. The largest absolute Gasteiger partial charge is 0.464 e. The van der Waals surface area contributed by atoms with E-state index in [0.717, 1.165) is 18.2 Å². The molecule has 0 amide bonds. The van der Waals surface area contributed by atoms with Gasteiger partial charge in [-0.3, -0.25) is 0 Å². The van der Waals surface area contributed by atoms with Gasteiger partial charge in [0.15, 0.2) is 0 Å². The Morgan fingerprint density at radius 3 is 2.86 bits per heavy atom. The van der Waals surface area contributed by atoms with Crippen molar-refractivity contribution in [3.63, 3.8) is 0 Å². The van der Waals surface area contributed by atoms with Crippen LogP contribution in [0.4, 0.5) is 5.69 Å². The Bertz CT molecular complexity index is 643. The third-order valence-corrected chi connectivity index (χ3v) is 5.01. The Hall–Kier alpha value is -1.70. The van der Waals surface area contributed by atoms with Crippen molar-refractivity contribution in [2.24, 2.45) is 5.92 Å². The average Bonchev–Trinajstić information content (AvgIpc) is 3.07. The summed E-state index contributed by atoms with van der Waals surface area (Å²) in [5.41, 5.74) is 4.34. The van der Waals surface area contributed by atoms with Crippen LogP contribution in [-0.4, -0.2) is 0 Å². The molecule has 1 heterocycles. The summed E-state index contributed by atoms with van der Waals surface area (Å²) in [4.78, 5) is 0. The van der Waals surface area contributed by atoms with Crippen LogP contribution in [0.5, 0.6) is 0 Å². The van der Waals surface area contributed by atoms with Crippen molar-refractivity contribution in [3.8, 4) is 0 Å². The summed E-state index contributed by atoms with van der Waals surface area (Å²) in [5, 5.41) is 3.58. The molecule has 2 aliphatic carbocycles. The number of benzene rings is 1. The first-order chi connectivity index (χ1) is 10.3. The van der Waals surface area contributed by atoms with Gasteiger partial charge >= 0.3 is 0 Å². The topological polar surface area (TPSA) is 25.2 Å². The molecule has 0 aliphatic heterocycles. The molecule has 2 aliphatic rings. The van der Waals surface area contributed by atoms with Gasteiger partial charge < -0.3 is 9.73 Å². The van der Waals surface area contributed by atoms with Crippen molar-refractivity contribution in [2.75, 3.05) is 5.32 Å². The summed E-state index contributed by atoms with van der Waals surface area (Å²) < 4.78 is 5.98. The van der Waals surface area contributed by atoms with E-state index >= 15 is 0 Å². The quantitative estimate of drug-likeness (QED) is 0.862. The van der Waals surface area contributed by atoms with Crippen molar-refractivity contribution in [2.45, 2.75) is 51.5 Å².